The molecule has 24 heavy (non-hydrogen) atoms. The van der Waals surface area contributed by atoms with Crippen LogP contribution in [0.4, 0.5) is 0 Å². The highest BCUT2D eigenvalue weighted by atomic mass is 16.5. The number of hydrogen-bond donors (Lipinski definition) is 1. The van der Waals surface area contributed by atoms with Gasteiger partial charge in [-0.05, 0) is 45.7 Å². The molecule has 2 heterocycles. The van der Waals surface area contributed by atoms with E-state index in [-0.39, 0.29) is 5.91 Å². The van der Waals surface area contributed by atoms with Crippen LogP contribution >= 0.6 is 0 Å². The summed E-state index contributed by atoms with van der Waals surface area (Å²) in [4.78, 5) is 18.9. The molecule has 0 radical (unpaired) electrons. The number of amides is 1. The van der Waals surface area contributed by atoms with E-state index in [1.54, 1.807) is 0 Å². The van der Waals surface area contributed by atoms with E-state index in [1.807, 2.05) is 0 Å². The van der Waals surface area contributed by atoms with Gasteiger partial charge in [0.15, 0.2) is 5.82 Å². The molecule has 1 unspecified atom stereocenters. The Bertz CT molecular complexity index is 525. The van der Waals surface area contributed by atoms with Crippen molar-refractivity contribution in [2.24, 2.45) is 0 Å². The Kier molecular flexibility index (Phi) is 6.24. The number of hydrogen-bond acceptors (Lipinski definition) is 5. The minimum atomic E-state index is 0.133. The molecule has 0 aromatic carbocycles. The Balaban J connectivity index is 1.33. The summed E-state index contributed by atoms with van der Waals surface area (Å²) in [5, 5.41) is 7.03. The minimum Gasteiger partial charge on any atom is -0.356 e. The van der Waals surface area contributed by atoms with E-state index in [0.29, 0.717) is 37.2 Å². The Hall–Kier alpha value is -1.43. The van der Waals surface area contributed by atoms with Gasteiger partial charge in [-0.25, -0.2) is 0 Å². The number of nitrogens with zero attached hydrogens (tertiary/aromatic N) is 3. The Morgan fingerprint density at radius 1 is 1.25 bits per heavy atom. The van der Waals surface area contributed by atoms with Crippen molar-refractivity contribution in [3.05, 3.63) is 11.7 Å². The van der Waals surface area contributed by atoms with Crippen LogP contribution in [0.2, 0.25) is 0 Å². The first-order valence-corrected chi connectivity index (χ1v) is 9.52. The Morgan fingerprint density at radius 3 is 2.83 bits per heavy atom. The molecule has 1 saturated carbocycles. The van der Waals surface area contributed by atoms with Gasteiger partial charge < -0.3 is 14.7 Å². The monoisotopic (exact) mass is 334 g/mol. The quantitative estimate of drug-likeness (QED) is 0.830. The Morgan fingerprint density at radius 2 is 2.04 bits per heavy atom. The van der Waals surface area contributed by atoms with Crippen molar-refractivity contribution in [3.8, 4) is 0 Å². The van der Waals surface area contributed by atoms with Gasteiger partial charge in [-0.3, -0.25) is 4.79 Å². The van der Waals surface area contributed by atoms with E-state index in [2.05, 4.69) is 27.4 Å². The van der Waals surface area contributed by atoms with Gasteiger partial charge in [-0.15, -0.1) is 0 Å². The molecule has 1 aliphatic heterocycles. The topological polar surface area (TPSA) is 71.3 Å². The zero-order chi connectivity index (χ0) is 16.8. The van der Waals surface area contributed by atoms with Crippen molar-refractivity contribution in [1.82, 2.24) is 20.4 Å². The number of rotatable bonds is 7. The molecule has 3 rings (SSSR count). The summed E-state index contributed by atoms with van der Waals surface area (Å²) in [5.41, 5.74) is 0. The highest BCUT2D eigenvalue weighted by Crippen LogP contribution is 2.32. The van der Waals surface area contributed by atoms with Gasteiger partial charge in [0, 0.05) is 31.3 Å². The van der Waals surface area contributed by atoms with E-state index in [1.165, 1.54) is 32.1 Å². The number of carbonyl (C=O) groups excluding carboxylic acids is 1. The van der Waals surface area contributed by atoms with Crippen molar-refractivity contribution in [3.63, 3.8) is 0 Å². The van der Waals surface area contributed by atoms with E-state index >= 15 is 0 Å². The van der Waals surface area contributed by atoms with Crippen molar-refractivity contribution in [2.75, 3.05) is 20.1 Å². The average molecular weight is 334 g/mol. The first-order chi connectivity index (χ1) is 11.7. The fraction of sp³-hybridized carbons (Fsp3) is 0.833. The first-order valence-electron chi connectivity index (χ1n) is 9.52. The van der Waals surface area contributed by atoms with Crippen LogP contribution < -0.4 is 5.32 Å². The highest BCUT2D eigenvalue weighted by Gasteiger charge is 2.23. The SMILES string of the molecule is CN1CCCCC1CCC(=O)NCCc1noc(C2CCCC2)n1. The second kappa shape index (κ2) is 8.60. The van der Waals surface area contributed by atoms with E-state index in [0.717, 1.165) is 31.7 Å². The van der Waals surface area contributed by atoms with Crippen molar-refractivity contribution in [1.29, 1.82) is 0 Å². The summed E-state index contributed by atoms with van der Waals surface area (Å²) in [7, 11) is 2.17. The lowest BCUT2D eigenvalue weighted by Crippen LogP contribution is -2.37. The molecule has 0 bridgehead atoms. The summed E-state index contributed by atoms with van der Waals surface area (Å²) in [6.45, 7) is 1.75. The molecule has 2 fully saturated rings. The summed E-state index contributed by atoms with van der Waals surface area (Å²) < 4.78 is 5.37. The largest absolute Gasteiger partial charge is 0.356 e. The van der Waals surface area contributed by atoms with Crippen LogP contribution in [0.15, 0.2) is 4.52 Å². The van der Waals surface area contributed by atoms with E-state index in [9.17, 15) is 4.79 Å². The molecule has 1 aliphatic carbocycles. The van der Waals surface area contributed by atoms with Crippen molar-refractivity contribution in [2.45, 2.75) is 76.2 Å². The van der Waals surface area contributed by atoms with Gasteiger partial charge in [-0.1, -0.05) is 24.4 Å². The number of likely N-dealkylation sites (tertiary alicyclic amines) is 1. The standard InChI is InChI=1S/C18H30N4O2/c1-22-13-5-4-8-15(22)9-10-17(23)19-12-11-16-20-18(24-21-16)14-6-2-3-7-14/h14-15H,2-13H2,1H3,(H,19,23). The highest BCUT2D eigenvalue weighted by molar-refractivity contribution is 5.75. The number of nitrogens with one attached hydrogen (secondary N) is 1. The Labute approximate surface area is 144 Å². The van der Waals surface area contributed by atoms with E-state index < -0.39 is 0 Å². The maximum atomic E-state index is 12.0. The summed E-state index contributed by atoms with van der Waals surface area (Å²) in [6, 6.07) is 0.565. The molecule has 6 heteroatoms. The zero-order valence-corrected chi connectivity index (χ0v) is 14.8. The molecule has 1 saturated heterocycles. The van der Waals surface area contributed by atoms with E-state index in [4.69, 9.17) is 4.52 Å². The predicted octanol–water partition coefficient (Wildman–Crippen LogP) is 2.65. The number of piperidine rings is 1. The minimum absolute atomic E-state index is 0.133. The molecular weight excluding hydrogens is 304 g/mol. The maximum Gasteiger partial charge on any atom is 0.229 e. The van der Waals surface area contributed by atoms with Gasteiger partial charge in [0.2, 0.25) is 11.8 Å². The van der Waals surface area contributed by atoms with Crippen LogP contribution in [0.25, 0.3) is 0 Å². The molecule has 134 valence electrons. The molecule has 0 spiro atoms. The molecule has 6 nitrogen and oxygen atoms in total. The van der Waals surface area contributed by atoms with Gasteiger partial charge in [-0.2, -0.15) is 4.98 Å². The lowest BCUT2D eigenvalue weighted by Gasteiger charge is -2.32. The molecule has 1 aromatic rings. The lowest BCUT2D eigenvalue weighted by atomic mass is 9.98. The number of aromatic nitrogens is 2. The van der Waals surface area contributed by atoms with Crippen LogP contribution in [-0.2, 0) is 11.2 Å². The van der Waals surface area contributed by atoms with Crippen molar-refractivity contribution < 1.29 is 9.32 Å². The average Bonchev–Trinajstić information content (AvgIpc) is 3.25. The molecule has 1 aromatic heterocycles. The number of carbonyl (C=O) groups is 1. The van der Waals surface area contributed by atoms with Gasteiger partial charge >= 0.3 is 0 Å². The molecule has 2 aliphatic rings. The fourth-order valence-corrected chi connectivity index (χ4v) is 3.92. The third-order valence-electron chi connectivity index (χ3n) is 5.49. The molecule has 1 N–H and O–H groups in total. The second-order valence-corrected chi connectivity index (χ2v) is 7.30. The van der Waals surface area contributed by atoms with Crippen LogP contribution in [-0.4, -0.2) is 47.1 Å². The third kappa shape index (κ3) is 4.79. The summed E-state index contributed by atoms with van der Waals surface area (Å²) in [5.74, 6) is 2.08. The normalized spacial score (nSPS) is 22.8. The first kappa shape index (κ1) is 17.4. The van der Waals surface area contributed by atoms with Crippen LogP contribution in [0.3, 0.4) is 0 Å². The zero-order valence-electron chi connectivity index (χ0n) is 14.8. The molecule has 1 amide bonds. The van der Waals surface area contributed by atoms with Gasteiger partial charge in [0.25, 0.3) is 0 Å². The van der Waals surface area contributed by atoms with Crippen LogP contribution in [0.1, 0.15) is 75.4 Å². The summed E-state index contributed by atoms with van der Waals surface area (Å²) >= 11 is 0. The van der Waals surface area contributed by atoms with Crippen LogP contribution in [0.5, 0.6) is 0 Å². The predicted molar refractivity (Wildman–Crippen MR) is 91.7 cm³/mol. The van der Waals surface area contributed by atoms with Gasteiger partial charge in [0.05, 0.1) is 0 Å². The fourth-order valence-electron chi connectivity index (χ4n) is 3.92. The van der Waals surface area contributed by atoms with Crippen LogP contribution in [0, 0.1) is 0 Å². The van der Waals surface area contributed by atoms with Crippen molar-refractivity contribution >= 4 is 5.91 Å². The lowest BCUT2D eigenvalue weighted by molar-refractivity contribution is -0.121. The molecule has 1 atom stereocenters. The van der Waals surface area contributed by atoms with Gasteiger partial charge in [0.1, 0.15) is 0 Å². The smallest absolute Gasteiger partial charge is 0.229 e. The maximum absolute atomic E-state index is 12.0. The third-order valence-corrected chi connectivity index (χ3v) is 5.49. The molecular formula is C18H30N4O2. The second-order valence-electron chi connectivity index (χ2n) is 7.30. The summed E-state index contributed by atoms with van der Waals surface area (Å²) in [6.07, 6.45) is 10.8.